The molecule has 2 nitrogen and oxygen atoms in total. The van der Waals surface area contributed by atoms with Crippen LogP contribution in [-0.4, -0.2) is 26.8 Å². The molecule has 1 aromatic carbocycles. The Kier molecular flexibility index (Phi) is 6.66. The normalized spacial score (nSPS) is 10.4. The zero-order valence-corrected chi connectivity index (χ0v) is 10.5. The number of hydrogen-bond acceptors (Lipinski definition) is 2. The van der Waals surface area contributed by atoms with Crippen LogP contribution in [-0.2, 0) is 4.74 Å². The molecule has 0 fully saturated rings. The van der Waals surface area contributed by atoms with Crippen LogP contribution in [0.1, 0.15) is 26.2 Å². The van der Waals surface area contributed by atoms with Crippen LogP contribution in [0.25, 0.3) is 0 Å². The van der Waals surface area contributed by atoms with Crippen LogP contribution in [0.15, 0.2) is 30.3 Å². The Morgan fingerprint density at radius 3 is 2.44 bits per heavy atom. The van der Waals surface area contributed by atoms with E-state index >= 15 is 0 Å². The molecule has 1 aromatic rings. The molecule has 0 atom stereocenters. The minimum absolute atomic E-state index is 0.872. The maximum atomic E-state index is 5.53. The fourth-order valence-corrected chi connectivity index (χ4v) is 1.56. The van der Waals surface area contributed by atoms with Gasteiger partial charge in [-0.05, 0) is 25.0 Å². The van der Waals surface area contributed by atoms with E-state index in [9.17, 15) is 0 Å². The summed E-state index contributed by atoms with van der Waals surface area (Å²) in [7, 11) is 2.13. The summed E-state index contributed by atoms with van der Waals surface area (Å²) in [5.41, 5.74) is 1.27. The Bertz CT molecular complexity index is 261. The minimum atomic E-state index is 0.872. The van der Waals surface area contributed by atoms with E-state index in [0.717, 1.165) is 26.2 Å². The molecule has 0 bridgehead atoms. The second kappa shape index (κ2) is 8.17. The van der Waals surface area contributed by atoms with Crippen molar-refractivity contribution in [2.75, 3.05) is 31.7 Å². The average molecular weight is 221 g/mol. The van der Waals surface area contributed by atoms with Gasteiger partial charge in [-0.25, -0.2) is 0 Å². The van der Waals surface area contributed by atoms with Crippen molar-refractivity contribution in [3.05, 3.63) is 30.3 Å². The first kappa shape index (κ1) is 13.0. The Labute approximate surface area is 99.2 Å². The molecule has 0 saturated carbocycles. The maximum absolute atomic E-state index is 5.53. The first-order valence-electron chi connectivity index (χ1n) is 6.18. The molecular weight excluding hydrogens is 198 g/mol. The highest BCUT2D eigenvalue weighted by molar-refractivity contribution is 5.44. The summed E-state index contributed by atoms with van der Waals surface area (Å²) < 4.78 is 5.53. The maximum Gasteiger partial charge on any atom is 0.0482 e. The Hall–Kier alpha value is -1.02. The van der Waals surface area contributed by atoms with Gasteiger partial charge in [0.15, 0.2) is 0 Å². The van der Waals surface area contributed by atoms with Gasteiger partial charge in [0.25, 0.3) is 0 Å². The second-order valence-corrected chi connectivity index (χ2v) is 4.08. The summed E-state index contributed by atoms with van der Waals surface area (Å²) in [4.78, 5) is 2.27. The lowest BCUT2D eigenvalue weighted by Crippen LogP contribution is -2.19. The van der Waals surface area contributed by atoms with E-state index in [1.54, 1.807) is 0 Å². The van der Waals surface area contributed by atoms with Crippen molar-refractivity contribution in [2.24, 2.45) is 0 Å². The van der Waals surface area contributed by atoms with Gasteiger partial charge in [0, 0.05) is 32.5 Å². The summed E-state index contributed by atoms with van der Waals surface area (Å²) in [6, 6.07) is 10.5. The van der Waals surface area contributed by atoms with Crippen molar-refractivity contribution in [3.63, 3.8) is 0 Å². The number of anilines is 1. The second-order valence-electron chi connectivity index (χ2n) is 4.08. The molecule has 0 radical (unpaired) electrons. The van der Waals surface area contributed by atoms with Crippen LogP contribution in [0.3, 0.4) is 0 Å². The summed E-state index contributed by atoms with van der Waals surface area (Å²) in [6.07, 6.45) is 3.48. The summed E-state index contributed by atoms with van der Waals surface area (Å²) in [6.45, 7) is 5.02. The van der Waals surface area contributed by atoms with E-state index in [1.807, 2.05) is 6.07 Å². The van der Waals surface area contributed by atoms with Crippen molar-refractivity contribution in [2.45, 2.75) is 26.2 Å². The average Bonchev–Trinajstić information content (AvgIpc) is 2.34. The van der Waals surface area contributed by atoms with Gasteiger partial charge in [0.05, 0.1) is 0 Å². The molecule has 0 unspecified atom stereocenters. The first-order chi connectivity index (χ1) is 7.84. The van der Waals surface area contributed by atoms with Crippen LogP contribution in [0.2, 0.25) is 0 Å². The molecule has 0 saturated heterocycles. The number of para-hydroxylation sites is 1. The third kappa shape index (κ3) is 5.17. The van der Waals surface area contributed by atoms with Crippen LogP contribution in [0, 0.1) is 0 Å². The molecule has 0 spiro atoms. The fraction of sp³-hybridized carbons (Fsp3) is 0.571. The molecule has 90 valence electrons. The lowest BCUT2D eigenvalue weighted by Gasteiger charge is -2.18. The first-order valence-corrected chi connectivity index (χ1v) is 6.18. The standard InChI is InChI=1S/C14H23NO/c1-3-4-12-16-13-8-11-15(2)14-9-6-5-7-10-14/h5-7,9-10H,3-4,8,11-13H2,1-2H3. The summed E-state index contributed by atoms with van der Waals surface area (Å²) in [5, 5.41) is 0. The molecule has 16 heavy (non-hydrogen) atoms. The highest BCUT2D eigenvalue weighted by atomic mass is 16.5. The lowest BCUT2D eigenvalue weighted by molar-refractivity contribution is 0.130. The smallest absolute Gasteiger partial charge is 0.0482 e. The van der Waals surface area contributed by atoms with Crippen LogP contribution in [0.5, 0.6) is 0 Å². The van der Waals surface area contributed by atoms with Crippen molar-refractivity contribution in [1.82, 2.24) is 0 Å². The Balaban J connectivity index is 2.09. The molecule has 0 heterocycles. The van der Waals surface area contributed by atoms with Gasteiger partial charge < -0.3 is 9.64 Å². The molecule has 0 aliphatic carbocycles. The number of unbranched alkanes of at least 4 members (excludes halogenated alkanes) is 1. The predicted octanol–water partition coefficient (Wildman–Crippen LogP) is 3.33. The van der Waals surface area contributed by atoms with Crippen LogP contribution >= 0.6 is 0 Å². The van der Waals surface area contributed by atoms with Gasteiger partial charge in [-0.15, -0.1) is 0 Å². The number of nitrogens with zero attached hydrogens (tertiary/aromatic N) is 1. The third-order valence-electron chi connectivity index (χ3n) is 2.62. The lowest BCUT2D eigenvalue weighted by atomic mass is 10.3. The van der Waals surface area contributed by atoms with E-state index in [-0.39, 0.29) is 0 Å². The van der Waals surface area contributed by atoms with Crippen molar-refractivity contribution < 1.29 is 4.74 Å². The van der Waals surface area contributed by atoms with Crippen LogP contribution in [0.4, 0.5) is 5.69 Å². The van der Waals surface area contributed by atoms with E-state index in [4.69, 9.17) is 4.74 Å². The van der Waals surface area contributed by atoms with Gasteiger partial charge in [-0.3, -0.25) is 0 Å². The highest BCUT2D eigenvalue weighted by Crippen LogP contribution is 2.10. The summed E-state index contributed by atoms with van der Waals surface area (Å²) in [5.74, 6) is 0. The quantitative estimate of drug-likeness (QED) is 0.624. The van der Waals surface area contributed by atoms with E-state index in [0.29, 0.717) is 0 Å². The number of benzene rings is 1. The zero-order valence-electron chi connectivity index (χ0n) is 10.5. The fourth-order valence-electron chi connectivity index (χ4n) is 1.56. The van der Waals surface area contributed by atoms with Crippen molar-refractivity contribution in [3.8, 4) is 0 Å². The SMILES string of the molecule is CCCCOCCCN(C)c1ccccc1. The zero-order chi connectivity index (χ0) is 11.6. The molecule has 2 heteroatoms. The van der Waals surface area contributed by atoms with E-state index in [1.165, 1.54) is 18.5 Å². The van der Waals surface area contributed by atoms with Gasteiger partial charge in [0.2, 0.25) is 0 Å². The molecule has 0 aromatic heterocycles. The van der Waals surface area contributed by atoms with E-state index in [2.05, 4.69) is 43.1 Å². The molecule has 0 amide bonds. The monoisotopic (exact) mass is 221 g/mol. The van der Waals surface area contributed by atoms with E-state index < -0.39 is 0 Å². The molecular formula is C14H23NO. The summed E-state index contributed by atoms with van der Waals surface area (Å²) >= 11 is 0. The van der Waals surface area contributed by atoms with Gasteiger partial charge >= 0.3 is 0 Å². The van der Waals surface area contributed by atoms with Crippen molar-refractivity contribution in [1.29, 1.82) is 0 Å². The molecule has 0 aliphatic heterocycles. The molecule has 1 rings (SSSR count). The Morgan fingerprint density at radius 2 is 1.75 bits per heavy atom. The number of ether oxygens (including phenoxy) is 1. The van der Waals surface area contributed by atoms with Crippen molar-refractivity contribution >= 4 is 5.69 Å². The largest absolute Gasteiger partial charge is 0.381 e. The van der Waals surface area contributed by atoms with Gasteiger partial charge in [0.1, 0.15) is 0 Å². The minimum Gasteiger partial charge on any atom is -0.381 e. The molecule has 0 N–H and O–H groups in total. The van der Waals surface area contributed by atoms with Gasteiger partial charge in [-0.2, -0.15) is 0 Å². The third-order valence-corrected chi connectivity index (χ3v) is 2.62. The number of hydrogen-bond donors (Lipinski definition) is 0. The predicted molar refractivity (Wildman–Crippen MR) is 70.1 cm³/mol. The molecule has 0 aliphatic rings. The Morgan fingerprint density at radius 1 is 1.06 bits per heavy atom. The van der Waals surface area contributed by atoms with Crippen LogP contribution < -0.4 is 4.90 Å². The topological polar surface area (TPSA) is 12.5 Å². The number of rotatable bonds is 8. The highest BCUT2D eigenvalue weighted by Gasteiger charge is 1.98. The van der Waals surface area contributed by atoms with Gasteiger partial charge in [-0.1, -0.05) is 31.5 Å².